The second-order valence-electron chi connectivity index (χ2n) is 14.9. The van der Waals surface area contributed by atoms with Gasteiger partial charge in [0.1, 0.15) is 11.5 Å². The molecule has 272 valence electrons. The van der Waals surface area contributed by atoms with E-state index in [4.69, 9.17) is 4.74 Å². The number of nitrogens with zero attached hydrogens (tertiary/aromatic N) is 1. The molecule has 1 aliphatic heterocycles. The fourth-order valence-electron chi connectivity index (χ4n) is 8.75. The molecule has 0 aliphatic carbocycles. The van der Waals surface area contributed by atoms with Gasteiger partial charge in [-0.25, -0.2) is 0 Å². The van der Waals surface area contributed by atoms with Crippen molar-refractivity contribution in [2.24, 2.45) is 0 Å². The maximum absolute atomic E-state index is 6.47. The zero-order chi connectivity index (χ0) is 38.4. The van der Waals surface area contributed by atoms with Crippen LogP contribution in [0.1, 0.15) is 0 Å². The zero-order valence-electron chi connectivity index (χ0n) is 31.7. The van der Waals surface area contributed by atoms with Crippen LogP contribution in [0.4, 0.5) is 17.1 Å². The van der Waals surface area contributed by atoms with Crippen LogP contribution < -0.4 is 9.64 Å². The van der Waals surface area contributed by atoms with Crippen molar-refractivity contribution in [2.75, 3.05) is 4.90 Å². The quantitative estimate of drug-likeness (QED) is 0.161. The summed E-state index contributed by atoms with van der Waals surface area (Å²) in [6.45, 7) is 0. The van der Waals surface area contributed by atoms with Gasteiger partial charge in [-0.3, -0.25) is 0 Å². The van der Waals surface area contributed by atoms with Crippen molar-refractivity contribution in [3.63, 3.8) is 0 Å². The highest BCUT2D eigenvalue weighted by molar-refractivity contribution is 6.10. The summed E-state index contributed by atoms with van der Waals surface area (Å²) in [7, 11) is 0. The van der Waals surface area contributed by atoms with Gasteiger partial charge in [0.2, 0.25) is 0 Å². The summed E-state index contributed by atoms with van der Waals surface area (Å²) in [5, 5.41) is 4.79. The number of anilines is 3. The SMILES string of the molecule is c1ccc(-c2ccc(-c3ccccc3N(c3cccc(-c4cccc5ccccc45)c3)c3cccc(-c4ccc5c6c(cccc46)-c4ccccc4O5)c3)cc2)cc1. The van der Waals surface area contributed by atoms with Crippen LogP contribution >= 0.6 is 0 Å². The second-order valence-corrected chi connectivity index (χ2v) is 14.9. The average molecular weight is 740 g/mol. The van der Waals surface area contributed by atoms with Crippen molar-refractivity contribution in [3.05, 3.63) is 224 Å². The van der Waals surface area contributed by atoms with Crippen LogP contribution in [0, 0.1) is 0 Å². The van der Waals surface area contributed by atoms with Gasteiger partial charge in [-0.1, -0.05) is 182 Å². The molecule has 10 aromatic rings. The van der Waals surface area contributed by atoms with Crippen molar-refractivity contribution >= 4 is 38.6 Å². The first-order valence-corrected chi connectivity index (χ1v) is 19.8. The minimum absolute atomic E-state index is 0.892. The molecular weight excluding hydrogens is 703 g/mol. The molecule has 10 aromatic carbocycles. The molecule has 0 bridgehead atoms. The van der Waals surface area contributed by atoms with E-state index in [9.17, 15) is 0 Å². The monoisotopic (exact) mass is 739 g/mol. The topological polar surface area (TPSA) is 12.5 Å². The molecule has 1 heterocycles. The van der Waals surface area contributed by atoms with Gasteiger partial charge in [0.05, 0.1) is 5.69 Å². The van der Waals surface area contributed by atoms with E-state index in [0.29, 0.717) is 0 Å². The molecule has 0 unspecified atom stereocenters. The molecule has 0 saturated carbocycles. The first-order valence-electron chi connectivity index (χ1n) is 19.8. The van der Waals surface area contributed by atoms with Crippen LogP contribution in [-0.4, -0.2) is 0 Å². The molecule has 0 aromatic heterocycles. The van der Waals surface area contributed by atoms with Gasteiger partial charge in [-0.05, 0) is 103 Å². The van der Waals surface area contributed by atoms with Crippen molar-refractivity contribution in [2.45, 2.75) is 0 Å². The first kappa shape index (κ1) is 33.6. The number of hydrogen-bond donors (Lipinski definition) is 0. The van der Waals surface area contributed by atoms with E-state index in [2.05, 4.69) is 217 Å². The lowest BCUT2D eigenvalue weighted by Crippen LogP contribution is -2.11. The summed E-state index contributed by atoms with van der Waals surface area (Å²) in [6, 6.07) is 80.7. The van der Waals surface area contributed by atoms with E-state index in [1.807, 2.05) is 12.1 Å². The Morgan fingerprint density at radius 2 is 0.828 bits per heavy atom. The summed E-state index contributed by atoms with van der Waals surface area (Å²) in [6.07, 6.45) is 0. The van der Waals surface area contributed by atoms with Crippen LogP contribution in [0.3, 0.4) is 0 Å². The van der Waals surface area contributed by atoms with Crippen LogP contribution in [0.25, 0.3) is 77.2 Å². The minimum atomic E-state index is 0.892. The maximum atomic E-state index is 6.47. The van der Waals surface area contributed by atoms with Crippen LogP contribution in [0.5, 0.6) is 11.5 Å². The van der Waals surface area contributed by atoms with Gasteiger partial charge in [0, 0.05) is 27.9 Å². The summed E-state index contributed by atoms with van der Waals surface area (Å²) >= 11 is 0. The maximum Gasteiger partial charge on any atom is 0.135 e. The molecule has 11 rings (SSSR count). The van der Waals surface area contributed by atoms with Crippen molar-refractivity contribution in [1.29, 1.82) is 0 Å². The fraction of sp³-hybridized carbons (Fsp3) is 0. The van der Waals surface area contributed by atoms with Crippen LogP contribution in [0.15, 0.2) is 224 Å². The number of fused-ring (bicyclic) bond motifs is 3. The number of benzene rings is 10. The van der Waals surface area contributed by atoms with Crippen molar-refractivity contribution < 1.29 is 4.74 Å². The standard InChI is InChI=1S/C56H37NO/c1-2-14-38(15-3-1)39-30-32-41(33-31-39)49-23-6-8-28-53(49)57(44-20-10-18-42(36-44)47-25-12-17-40-16-4-5-22-46(40)47)45-21-11-19-43(37-45)48-34-35-55-56-51(48)26-13-27-52(56)50-24-7-9-29-54(50)58-55/h1-37H. The lowest BCUT2D eigenvalue weighted by molar-refractivity contribution is 0.487. The van der Waals surface area contributed by atoms with Gasteiger partial charge in [-0.15, -0.1) is 0 Å². The Balaban J connectivity index is 1.09. The molecule has 0 saturated heterocycles. The molecule has 2 heteroatoms. The second kappa shape index (κ2) is 14.1. The predicted molar refractivity (Wildman–Crippen MR) is 243 cm³/mol. The van der Waals surface area contributed by atoms with Gasteiger partial charge >= 0.3 is 0 Å². The van der Waals surface area contributed by atoms with Gasteiger partial charge in [0.25, 0.3) is 0 Å². The highest BCUT2D eigenvalue weighted by Gasteiger charge is 2.23. The van der Waals surface area contributed by atoms with Gasteiger partial charge < -0.3 is 9.64 Å². The van der Waals surface area contributed by atoms with E-state index in [0.717, 1.165) is 56.2 Å². The molecule has 0 fully saturated rings. The lowest BCUT2D eigenvalue weighted by Gasteiger charge is -2.29. The highest BCUT2D eigenvalue weighted by atomic mass is 16.5. The third-order valence-corrected chi connectivity index (χ3v) is 11.5. The molecule has 0 spiro atoms. The molecule has 58 heavy (non-hydrogen) atoms. The largest absolute Gasteiger partial charge is 0.456 e. The highest BCUT2D eigenvalue weighted by Crippen LogP contribution is 2.49. The number of rotatable bonds is 7. The van der Waals surface area contributed by atoms with E-state index in [1.54, 1.807) is 0 Å². The van der Waals surface area contributed by atoms with Crippen LogP contribution in [0.2, 0.25) is 0 Å². The Hall–Kier alpha value is -7.68. The summed E-state index contributed by atoms with van der Waals surface area (Å²) < 4.78 is 6.47. The number of para-hydroxylation sites is 2. The molecule has 1 aliphatic rings. The fourth-order valence-corrected chi connectivity index (χ4v) is 8.75. The molecular formula is C56H37NO. The molecule has 2 nitrogen and oxygen atoms in total. The Kier molecular flexibility index (Phi) is 8.19. The third kappa shape index (κ3) is 5.82. The van der Waals surface area contributed by atoms with Crippen molar-refractivity contribution in [1.82, 2.24) is 0 Å². The van der Waals surface area contributed by atoms with Crippen molar-refractivity contribution in [3.8, 4) is 67.1 Å². The van der Waals surface area contributed by atoms with E-state index >= 15 is 0 Å². The Labute approximate surface area is 338 Å². The van der Waals surface area contributed by atoms with Gasteiger partial charge in [-0.2, -0.15) is 0 Å². The molecule has 0 N–H and O–H groups in total. The van der Waals surface area contributed by atoms with E-state index < -0.39 is 0 Å². The molecule has 0 radical (unpaired) electrons. The minimum Gasteiger partial charge on any atom is -0.456 e. The molecule has 0 amide bonds. The first-order chi connectivity index (χ1) is 28.8. The van der Waals surface area contributed by atoms with Crippen LogP contribution in [-0.2, 0) is 0 Å². The lowest BCUT2D eigenvalue weighted by atomic mass is 9.90. The average Bonchev–Trinajstić information content (AvgIpc) is 3.30. The summed E-state index contributed by atoms with van der Waals surface area (Å²) in [4.78, 5) is 2.42. The number of ether oxygens (including phenoxy) is 1. The third-order valence-electron chi connectivity index (χ3n) is 11.5. The summed E-state index contributed by atoms with van der Waals surface area (Å²) in [5.74, 6) is 1.79. The Bertz CT molecular complexity index is 3140. The van der Waals surface area contributed by atoms with E-state index in [1.165, 1.54) is 49.5 Å². The zero-order valence-corrected chi connectivity index (χ0v) is 31.7. The summed E-state index contributed by atoms with van der Waals surface area (Å²) in [5.41, 5.74) is 15.0. The Morgan fingerprint density at radius 1 is 0.293 bits per heavy atom. The normalized spacial score (nSPS) is 11.6. The predicted octanol–water partition coefficient (Wildman–Crippen LogP) is 15.9. The Morgan fingerprint density at radius 3 is 1.64 bits per heavy atom. The smallest absolute Gasteiger partial charge is 0.135 e. The van der Waals surface area contributed by atoms with E-state index in [-0.39, 0.29) is 0 Å². The number of hydrogen-bond acceptors (Lipinski definition) is 2. The molecule has 0 atom stereocenters. The van der Waals surface area contributed by atoms with Gasteiger partial charge in [0.15, 0.2) is 0 Å².